The fourth-order valence-electron chi connectivity index (χ4n) is 1.32. The van der Waals surface area contributed by atoms with Crippen LogP contribution in [0.1, 0.15) is 34.6 Å². The Bertz CT molecular complexity index is 443. The van der Waals surface area contributed by atoms with Crippen LogP contribution in [0.5, 0.6) is 0 Å². The number of halogens is 2. The molecule has 0 aliphatic carbocycles. The zero-order chi connectivity index (χ0) is 13.0. The maximum atomic E-state index is 13.1. The molecule has 1 rings (SSSR count). The van der Waals surface area contributed by atoms with E-state index in [-0.39, 0.29) is 17.7 Å². The van der Waals surface area contributed by atoms with Crippen LogP contribution in [0.3, 0.4) is 0 Å². The second-order valence-electron chi connectivity index (χ2n) is 3.39. The van der Waals surface area contributed by atoms with Crippen molar-refractivity contribution >= 4 is 23.4 Å². The third-order valence-electron chi connectivity index (χ3n) is 2.10. The first-order chi connectivity index (χ1) is 7.97. The van der Waals surface area contributed by atoms with Crippen molar-refractivity contribution in [1.82, 2.24) is 0 Å². The van der Waals surface area contributed by atoms with E-state index in [2.05, 4.69) is 0 Å². The van der Waals surface area contributed by atoms with E-state index in [0.29, 0.717) is 0 Å². The Balaban J connectivity index is 3.21. The molecule has 1 unspecified atom stereocenters. The maximum absolute atomic E-state index is 13.1. The smallest absolute Gasteiger partial charge is 0.338 e. The molecule has 0 bridgehead atoms. The van der Waals surface area contributed by atoms with Crippen molar-refractivity contribution in [3.63, 3.8) is 0 Å². The largest absolute Gasteiger partial charge is 0.462 e. The van der Waals surface area contributed by atoms with Crippen LogP contribution in [0.15, 0.2) is 18.2 Å². The van der Waals surface area contributed by atoms with Crippen molar-refractivity contribution in [3.8, 4) is 0 Å². The van der Waals surface area contributed by atoms with E-state index in [4.69, 9.17) is 16.3 Å². The molecular formula is C12H12ClFO3. The highest BCUT2D eigenvalue weighted by Gasteiger charge is 2.21. The number of alkyl halides is 1. The van der Waals surface area contributed by atoms with Crippen molar-refractivity contribution in [1.29, 1.82) is 0 Å². The van der Waals surface area contributed by atoms with Gasteiger partial charge in [0.1, 0.15) is 5.82 Å². The Hall–Kier alpha value is -1.42. The zero-order valence-electron chi connectivity index (χ0n) is 9.50. The lowest BCUT2D eigenvalue weighted by Gasteiger charge is -2.09. The summed E-state index contributed by atoms with van der Waals surface area (Å²) in [6.45, 7) is 3.27. The Labute approximate surface area is 104 Å². The van der Waals surface area contributed by atoms with Crippen LogP contribution < -0.4 is 0 Å². The predicted molar refractivity (Wildman–Crippen MR) is 62.0 cm³/mol. The molecule has 1 aromatic rings. The van der Waals surface area contributed by atoms with E-state index < -0.39 is 22.9 Å². The zero-order valence-corrected chi connectivity index (χ0v) is 10.3. The third-order valence-corrected chi connectivity index (χ3v) is 2.30. The summed E-state index contributed by atoms with van der Waals surface area (Å²) in [5.41, 5.74) is -0.0169. The molecule has 0 radical (unpaired) electrons. The first-order valence-corrected chi connectivity index (χ1v) is 5.56. The van der Waals surface area contributed by atoms with Gasteiger partial charge in [0.25, 0.3) is 0 Å². The number of benzene rings is 1. The van der Waals surface area contributed by atoms with Crippen LogP contribution in [-0.4, -0.2) is 23.7 Å². The minimum absolute atomic E-state index is 0.0763. The molecule has 0 saturated heterocycles. The Morgan fingerprint density at radius 2 is 2.06 bits per heavy atom. The number of carbonyl (C=O) groups is 2. The third kappa shape index (κ3) is 3.27. The van der Waals surface area contributed by atoms with Crippen molar-refractivity contribution in [2.75, 3.05) is 6.61 Å². The fourth-order valence-corrected chi connectivity index (χ4v) is 1.44. The molecular weight excluding hydrogens is 247 g/mol. The summed E-state index contributed by atoms with van der Waals surface area (Å²) < 4.78 is 17.8. The van der Waals surface area contributed by atoms with Gasteiger partial charge >= 0.3 is 5.97 Å². The van der Waals surface area contributed by atoms with Gasteiger partial charge in [-0.3, -0.25) is 4.79 Å². The number of Topliss-reactive ketones (excluding diaryl/α,β-unsaturated/α-hetero) is 1. The van der Waals surface area contributed by atoms with Crippen molar-refractivity contribution < 1.29 is 18.7 Å². The van der Waals surface area contributed by atoms with E-state index in [0.717, 1.165) is 12.1 Å². The topological polar surface area (TPSA) is 43.4 Å². The number of carbonyl (C=O) groups excluding carboxylic acids is 2. The van der Waals surface area contributed by atoms with Gasteiger partial charge in [0.15, 0.2) is 5.78 Å². The quantitative estimate of drug-likeness (QED) is 0.474. The van der Waals surface area contributed by atoms with Crippen molar-refractivity contribution in [3.05, 3.63) is 35.1 Å². The fraction of sp³-hybridized carbons (Fsp3) is 0.333. The molecule has 92 valence electrons. The molecule has 0 fully saturated rings. The van der Waals surface area contributed by atoms with Gasteiger partial charge in [-0.1, -0.05) is 0 Å². The maximum Gasteiger partial charge on any atom is 0.338 e. The summed E-state index contributed by atoms with van der Waals surface area (Å²) in [6.07, 6.45) is 0. The van der Waals surface area contributed by atoms with Gasteiger partial charge in [0.05, 0.1) is 17.5 Å². The van der Waals surface area contributed by atoms with E-state index in [1.54, 1.807) is 6.92 Å². The summed E-state index contributed by atoms with van der Waals surface area (Å²) in [5.74, 6) is -1.77. The predicted octanol–water partition coefficient (Wildman–Crippen LogP) is 2.81. The normalized spacial score (nSPS) is 12.0. The van der Waals surface area contributed by atoms with E-state index in [1.807, 2.05) is 0 Å². The van der Waals surface area contributed by atoms with Gasteiger partial charge < -0.3 is 4.74 Å². The van der Waals surface area contributed by atoms with E-state index >= 15 is 0 Å². The summed E-state index contributed by atoms with van der Waals surface area (Å²) in [6, 6.07) is 3.32. The lowest BCUT2D eigenvalue weighted by atomic mass is 10.0. The lowest BCUT2D eigenvalue weighted by Crippen LogP contribution is -2.17. The summed E-state index contributed by atoms with van der Waals surface area (Å²) >= 11 is 5.66. The molecule has 0 N–H and O–H groups in total. The molecule has 5 heteroatoms. The van der Waals surface area contributed by atoms with Gasteiger partial charge in [-0.25, -0.2) is 9.18 Å². The van der Waals surface area contributed by atoms with Gasteiger partial charge in [-0.15, -0.1) is 11.6 Å². The van der Waals surface area contributed by atoms with Gasteiger partial charge in [0, 0.05) is 5.56 Å². The molecule has 0 saturated carbocycles. The van der Waals surface area contributed by atoms with Gasteiger partial charge in [-0.05, 0) is 32.0 Å². The van der Waals surface area contributed by atoms with Crippen LogP contribution >= 0.6 is 11.6 Å². The van der Waals surface area contributed by atoms with Crippen LogP contribution in [0.2, 0.25) is 0 Å². The molecule has 0 aliphatic rings. The molecule has 0 heterocycles. The van der Waals surface area contributed by atoms with Crippen molar-refractivity contribution in [2.24, 2.45) is 0 Å². The second kappa shape index (κ2) is 5.77. The van der Waals surface area contributed by atoms with Crippen LogP contribution in [-0.2, 0) is 4.74 Å². The molecule has 0 spiro atoms. The van der Waals surface area contributed by atoms with Crippen LogP contribution in [0.25, 0.3) is 0 Å². The van der Waals surface area contributed by atoms with Crippen molar-refractivity contribution in [2.45, 2.75) is 19.2 Å². The number of hydrogen-bond acceptors (Lipinski definition) is 3. The number of rotatable bonds is 4. The monoisotopic (exact) mass is 258 g/mol. The SMILES string of the molecule is CCOC(=O)c1cc(F)ccc1C(=O)C(C)Cl. The average molecular weight is 259 g/mol. The summed E-state index contributed by atoms with van der Waals surface area (Å²) in [7, 11) is 0. The molecule has 17 heavy (non-hydrogen) atoms. The number of ketones is 1. The van der Waals surface area contributed by atoms with Gasteiger partial charge in [0.2, 0.25) is 0 Å². The molecule has 0 aromatic heterocycles. The average Bonchev–Trinajstić information content (AvgIpc) is 2.28. The first kappa shape index (κ1) is 13.6. The van der Waals surface area contributed by atoms with Crippen LogP contribution in [0, 0.1) is 5.82 Å². The second-order valence-corrected chi connectivity index (χ2v) is 4.05. The van der Waals surface area contributed by atoms with Gasteiger partial charge in [-0.2, -0.15) is 0 Å². The number of esters is 1. The van der Waals surface area contributed by atoms with E-state index in [9.17, 15) is 14.0 Å². The molecule has 1 atom stereocenters. The lowest BCUT2D eigenvalue weighted by molar-refractivity contribution is 0.0522. The summed E-state index contributed by atoms with van der Waals surface area (Å²) in [4.78, 5) is 23.3. The highest BCUT2D eigenvalue weighted by atomic mass is 35.5. The Kier molecular flexibility index (Phi) is 4.63. The molecule has 3 nitrogen and oxygen atoms in total. The number of hydrogen-bond donors (Lipinski definition) is 0. The van der Waals surface area contributed by atoms with E-state index in [1.165, 1.54) is 13.0 Å². The highest BCUT2D eigenvalue weighted by molar-refractivity contribution is 6.34. The Morgan fingerprint density at radius 3 is 2.59 bits per heavy atom. The minimum Gasteiger partial charge on any atom is -0.462 e. The standard InChI is InChI=1S/C12H12ClFO3/c1-3-17-12(16)10-6-8(14)4-5-9(10)11(15)7(2)13/h4-7H,3H2,1-2H3. The highest BCUT2D eigenvalue weighted by Crippen LogP contribution is 2.16. The molecule has 0 amide bonds. The van der Waals surface area contributed by atoms with Crippen LogP contribution in [0.4, 0.5) is 4.39 Å². The number of ether oxygens (including phenoxy) is 1. The molecule has 0 aliphatic heterocycles. The minimum atomic E-state index is -0.784. The molecule has 1 aromatic carbocycles. The Morgan fingerprint density at radius 1 is 1.41 bits per heavy atom. The summed E-state index contributed by atoms with van der Waals surface area (Å²) in [5, 5.41) is -0.784. The first-order valence-electron chi connectivity index (χ1n) is 5.12.